The van der Waals surface area contributed by atoms with Crippen molar-refractivity contribution in [2.75, 3.05) is 13.1 Å². The number of halogens is 1. The zero-order chi connectivity index (χ0) is 14.7. The second-order valence-corrected chi connectivity index (χ2v) is 6.87. The van der Waals surface area contributed by atoms with Gasteiger partial charge >= 0.3 is 0 Å². The van der Waals surface area contributed by atoms with Crippen molar-refractivity contribution >= 4 is 34.4 Å². The summed E-state index contributed by atoms with van der Waals surface area (Å²) in [5.74, 6) is 1.25. The number of hydrogen-bond donors (Lipinski definition) is 0. The number of nitrogens with zero attached hydrogens (tertiary/aromatic N) is 2. The zero-order valence-electron chi connectivity index (χ0n) is 11.9. The fraction of sp³-hybridized carbons (Fsp3) is 0.500. The van der Waals surface area contributed by atoms with Gasteiger partial charge in [-0.25, -0.2) is 0 Å². The van der Waals surface area contributed by atoms with Crippen LogP contribution in [0.25, 0.3) is 0 Å². The Bertz CT molecular complexity index is 555. The lowest BCUT2D eigenvalue weighted by Crippen LogP contribution is -2.36. The van der Waals surface area contributed by atoms with Crippen LogP contribution < -0.4 is 0 Å². The number of carbonyl (C=O) groups excluding carboxylic acids is 1. The molecule has 1 fully saturated rings. The Kier molecular flexibility index (Phi) is 4.86. The van der Waals surface area contributed by atoms with E-state index in [0.29, 0.717) is 0 Å². The van der Waals surface area contributed by atoms with Gasteiger partial charge in [0, 0.05) is 23.2 Å². The van der Waals surface area contributed by atoms with Crippen LogP contribution in [0.3, 0.4) is 0 Å². The average Bonchev–Trinajstić information content (AvgIpc) is 3.17. The highest BCUT2D eigenvalue weighted by Crippen LogP contribution is 2.30. The fourth-order valence-electron chi connectivity index (χ4n) is 2.91. The highest BCUT2D eigenvalue weighted by molar-refractivity contribution is 8.13. The lowest BCUT2D eigenvalue weighted by atomic mass is 10.1. The molecule has 0 N–H and O–H groups in total. The van der Waals surface area contributed by atoms with E-state index in [0.717, 1.165) is 47.4 Å². The number of thioether (sulfide) groups is 1. The molecule has 2 aliphatic rings. The maximum atomic E-state index is 12.5. The van der Waals surface area contributed by atoms with Crippen LogP contribution in [0.15, 0.2) is 29.3 Å². The number of benzene rings is 1. The smallest absolute Gasteiger partial charge is 0.231 e. The van der Waals surface area contributed by atoms with E-state index in [1.807, 2.05) is 29.2 Å². The quantitative estimate of drug-likeness (QED) is 0.843. The molecule has 1 aliphatic heterocycles. The first-order valence-electron chi connectivity index (χ1n) is 7.48. The van der Waals surface area contributed by atoms with Crippen LogP contribution >= 0.6 is 23.4 Å². The summed E-state index contributed by atoms with van der Waals surface area (Å²) in [4.78, 5) is 18.9. The molecular formula is C16H19ClN2OS. The van der Waals surface area contributed by atoms with Crippen molar-refractivity contribution in [3.05, 3.63) is 34.9 Å². The molecule has 1 saturated carbocycles. The Hall–Kier alpha value is -1.00. The predicted molar refractivity (Wildman–Crippen MR) is 88.7 cm³/mol. The van der Waals surface area contributed by atoms with Crippen LogP contribution in [0.4, 0.5) is 0 Å². The third kappa shape index (κ3) is 3.43. The second kappa shape index (κ2) is 6.84. The van der Waals surface area contributed by atoms with Crippen molar-refractivity contribution in [1.82, 2.24) is 4.90 Å². The van der Waals surface area contributed by atoms with Gasteiger partial charge in [-0.15, -0.1) is 0 Å². The number of aliphatic imine (C=N–C) groups is 1. The Morgan fingerprint density at radius 1 is 1.33 bits per heavy atom. The molecule has 21 heavy (non-hydrogen) atoms. The highest BCUT2D eigenvalue weighted by atomic mass is 35.5. The monoisotopic (exact) mass is 322 g/mol. The van der Waals surface area contributed by atoms with Gasteiger partial charge in [0.2, 0.25) is 5.91 Å². The molecule has 3 nitrogen and oxygen atoms in total. The van der Waals surface area contributed by atoms with E-state index in [-0.39, 0.29) is 11.8 Å². The Morgan fingerprint density at radius 3 is 2.86 bits per heavy atom. The van der Waals surface area contributed by atoms with Crippen molar-refractivity contribution in [3.8, 4) is 0 Å². The molecule has 3 rings (SSSR count). The Balaban J connectivity index is 1.62. The van der Waals surface area contributed by atoms with Gasteiger partial charge in [-0.3, -0.25) is 14.7 Å². The van der Waals surface area contributed by atoms with Gasteiger partial charge in [-0.1, -0.05) is 54.4 Å². The third-order valence-electron chi connectivity index (χ3n) is 4.09. The standard InChI is InChI=1S/C16H19ClN2OS/c17-14-8-4-3-7-13(14)11-21-16-18-9-10-19(16)15(20)12-5-1-2-6-12/h3-4,7-8,12H,1-2,5-6,9-11H2. The molecule has 0 radical (unpaired) electrons. The van der Waals surface area contributed by atoms with E-state index in [1.165, 1.54) is 12.8 Å². The molecule has 0 saturated heterocycles. The van der Waals surface area contributed by atoms with E-state index in [9.17, 15) is 4.79 Å². The van der Waals surface area contributed by atoms with Crippen molar-refractivity contribution in [2.45, 2.75) is 31.4 Å². The average molecular weight is 323 g/mol. The molecule has 1 aliphatic carbocycles. The lowest BCUT2D eigenvalue weighted by molar-refractivity contribution is -0.130. The SMILES string of the molecule is O=C(C1CCCC1)N1CCN=C1SCc1ccccc1Cl. The van der Waals surface area contributed by atoms with Gasteiger partial charge in [0.05, 0.1) is 6.54 Å². The summed E-state index contributed by atoms with van der Waals surface area (Å²) in [5, 5.41) is 1.64. The van der Waals surface area contributed by atoms with Crippen LogP contribution in [-0.2, 0) is 10.5 Å². The van der Waals surface area contributed by atoms with Crippen LogP contribution in [-0.4, -0.2) is 29.1 Å². The van der Waals surface area contributed by atoms with Gasteiger partial charge in [0.1, 0.15) is 0 Å². The molecule has 0 bridgehead atoms. The van der Waals surface area contributed by atoms with Crippen LogP contribution in [0.1, 0.15) is 31.2 Å². The van der Waals surface area contributed by atoms with Crippen LogP contribution in [0.5, 0.6) is 0 Å². The summed E-state index contributed by atoms with van der Waals surface area (Å²) in [6, 6.07) is 7.84. The van der Waals surface area contributed by atoms with Gasteiger partial charge in [0.15, 0.2) is 5.17 Å². The van der Waals surface area contributed by atoms with E-state index >= 15 is 0 Å². The summed E-state index contributed by atoms with van der Waals surface area (Å²) in [6.45, 7) is 1.46. The number of rotatable bonds is 3. The molecule has 0 unspecified atom stereocenters. The predicted octanol–water partition coefficient (Wildman–Crippen LogP) is 3.96. The molecule has 1 aromatic carbocycles. The number of amides is 1. The van der Waals surface area contributed by atoms with Crippen molar-refractivity contribution in [1.29, 1.82) is 0 Å². The maximum absolute atomic E-state index is 12.5. The minimum Gasteiger partial charge on any atom is -0.289 e. The van der Waals surface area contributed by atoms with Crippen molar-refractivity contribution < 1.29 is 4.79 Å². The molecule has 1 amide bonds. The van der Waals surface area contributed by atoms with Crippen LogP contribution in [0.2, 0.25) is 5.02 Å². The van der Waals surface area contributed by atoms with E-state index < -0.39 is 0 Å². The third-order valence-corrected chi connectivity index (χ3v) is 5.52. The van der Waals surface area contributed by atoms with Gasteiger partial charge in [-0.2, -0.15) is 0 Å². The normalized spacial score (nSPS) is 19.1. The van der Waals surface area contributed by atoms with E-state index in [1.54, 1.807) is 11.8 Å². The zero-order valence-corrected chi connectivity index (χ0v) is 13.5. The largest absolute Gasteiger partial charge is 0.289 e. The Morgan fingerprint density at radius 2 is 2.10 bits per heavy atom. The van der Waals surface area contributed by atoms with Gasteiger partial charge < -0.3 is 0 Å². The molecule has 1 aromatic rings. The first-order chi connectivity index (χ1) is 10.3. The van der Waals surface area contributed by atoms with Gasteiger partial charge in [-0.05, 0) is 24.5 Å². The van der Waals surface area contributed by atoms with E-state index in [4.69, 9.17) is 11.6 Å². The number of hydrogen-bond acceptors (Lipinski definition) is 3. The lowest BCUT2D eigenvalue weighted by Gasteiger charge is -2.21. The fourth-order valence-corrected chi connectivity index (χ4v) is 4.24. The number of amidine groups is 1. The molecular weight excluding hydrogens is 304 g/mol. The van der Waals surface area contributed by atoms with Crippen LogP contribution in [0, 0.1) is 5.92 Å². The summed E-state index contributed by atoms with van der Waals surface area (Å²) in [6.07, 6.45) is 4.45. The maximum Gasteiger partial charge on any atom is 0.231 e. The number of carbonyl (C=O) groups is 1. The summed E-state index contributed by atoms with van der Waals surface area (Å²) in [7, 11) is 0. The summed E-state index contributed by atoms with van der Waals surface area (Å²) in [5.41, 5.74) is 1.09. The first kappa shape index (κ1) is 14.9. The summed E-state index contributed by atoms with van der Waals surface area (Å²) < 4.78 is 0. The minimum absolute atomic E-state index is 0.217. The molecule has 5 heteroatoms. The van der Waals surface area contributed by atoms with Crippen molar-refractivity contribution in [2.24, 2.45) is 10.9 Å². The van der Waals surface area contributed by atoms with Gasteiger partial charge in [0.25, 0.3) is 0 Å². The van der Waals surface area contributed by atoms with Crippen molar-refractivity contribution in [3.63, 3.8) is 0 Å². The topological polar surface area (TPSA) is 32.7 Å². The first-order valence-corrected chi connectivity index (χ1v) is 8.84. The highest BCUT2D eigenvalue weighted by Gasteiger charge is 2.31. The Labute approximate surface area is 134 Å². The second-order valence-electron chi connectivity index (χ2n) is 5.52. The molecule has 0 spiro atoms. The van der Waals surface area contributed by atoms with E-state index in [2.05, 4.69) is 4.99 Å². The molecule has 1 heterocycles. The minimum atomic E-state index is 0.217. The summed E-state index contributed by atoms with van der Waals surface area (Å²) >= 11 is 7.80. The molecule has 0 atom stereocenters. The molecule has 0 aromatic heterocycles. The molecule has 112 valence electrons.